The first-order valence-electron chi connectivity index (χ1n) is 5.78. The highest BCUT2D eigenvalue weighted by Gasteiger charge is 2.16. The molecule has 0 amide bonds. The molecule has 0 bridgehead atoms. The van der Waals surface area contributed by atoms with Crippen LogP contribution >= 0.6 is 23.2 Å². The van der Waals surface area contributed by atoms with E-state index >= 15 is 0 Å². The molecule has 0 radical (unpaired) electrons. The van der Waals surface area contributed by atoms with Crippen LogP contribution in [0, 0.1) is 0 Å². The Hall–Kier alpha value is -1.85. The van der Waals surface area contributed by atoms with E-state index in [0.29, 0.717) is 33.1 Å². The molecule has 0 unspecified atom stereocenters. The van der Waals surface area contributed by atoms with Crippen LogP contribution < -0.4 is 19.5 Å². The fourth-order valence-electron chi connectivity index (χ4n) is 1.75. The quantitative estimate of drug-likeness (QED) is 0.930. The average Bonchev–Trinajstić information content (AvgIpc) is 2.89. The number of hydrogen-bond acceptors (Lipinski definition) is 5. The summed E-state index contributed by atoms with van der Waals surface area (Å²) in [4.78, 5) is 4.21. The van der Waals surface area contributed by atoms with Crippen LogP contribution in [0.5, 0.6) is 23.1 Å². The molecule has 0 fully saturated rings. The first kappa shape index (κ1) is 13.1. The molecule has 1 aromatic carbocycles. The van der Waals surface area contributed by atoms with Crippen LogP contribution in [0.25, 0.3) is 0 Å². The third-order valence-corrected chi connectivity index (χ3v) is 3.25. The van der Waals surface area contributed by atoms with Crippen LogP contribution in [-0.4, -0.2) is 18.8 Å². The minimum atomic E-state index is 0.211. The number of fused-ring (bicyclic) bond motifs is 1. The summed E-state index contributed by atoms with van der Waals surface area (Å²) >= 11 is 12.0. The van der Waals surface area contributed by atoms with Gasteiger partial charge in [0.25, 0.3) is 0 Å². The molecule has 1 aromatic heterocycles. The topological polar surface area (TPSA) is 52.6 Å². The summed E-state index contributed by atoms with van der Waals surface area (Å²) in [6.07, 6.45) is 0. The van der Waals surface area contributed by atoms with Gasteiger partial charge in [0, 0.05) is 13.1 Å². The molecule has 1 N–H and O–H groups in total. The molecule has 1 aliphatic heterocycles. The number of halogens is 2. The van der Waals surface area contributed by atoms with E-state index in [1.807, 2.05) is 0 Å². The smallest absolute Gasteiger partial charge is 0.240 e. The Morgan fingerprint density at radius 2 is 1.95 bits per heavy atom. The largest absolute Gasteiger partial charge is 0.454 e. The molecule has 104 valence electrons. The summed E-state index contributed by atoms with van der Waals surface area (Å²) in [5.41, 5.74) is 0. The van der Waals surface area contributed by atoms with Gasteiger partial charge in [-0.3, -0.25) is 0 Å². The van der Waals surface area contributed by atoms with Gasteiger partial charge in [-0.1, -0.05) is 23.2 Å². The second-order valence-electron chi connectivity index (χ2n) is 3.97. The van der Waals surface area contributed by atoms with E-state index in [-0.39, 0.29) is 12.7 Å². The van der Waals surface area contributed by atoms with Gasteiger partial charge in [-0.25, -0.2) is 0 Å². The molecule has 5 nitrogen and oxygen atoms in total. The first-order valence-corrected chi connectivity index (χ1v) is 6.54. The predicted molar refractivity (Wildman–Crippen MR) is 76.4 cm³/mol. The zero-order chi connectivity index (χ0) is 14.1. The number of hydrogen-bond donors (Lipinski definition) is 1. The lowest BCUT2D eigenvalue weighted by molar-refractivity contribution is 0.174. The Morgan fingerprint density at radius 3 is 2.75 bits per heavy atom. The molecule has 2 heterocycles. The Balaban J connectivity index is 1.91. The Kier molecular flexibility index (Phi) is 3.46. The van der Waals surface area contributed by atoms with Gasteiger partial charge in [0.05, 0.1) is 5.02 Å². The molecule has 2 aromatic rings. The second kappa shape index (κ2) is 5.26. The Morgan fingerprint density at radius 1 is 1.15 bits per heavy atom. The summed E-state index contributed by atoms with van der Waals surface area (Å²) in [5, 5.41) is 3.62. The SMILES string of the molecule is CNc1nc(Oc2ccc3c(c2)OCO3)c(Cl)cc1Cl. The van der Waals surface area contributed by atoms with Gasteiger partial charge in [0.2, 0.25) is 12.7 Å². The monoisotopic (exact) mass is 312 g/mol. The van der Waals surface area contributed by atoms with Crippen LogP contribution in [0.2, 0.25) is 10.0 Å². The fraction of sp³-hybridized carbons (Fsp3) is 0.154. The number of aromatic nitrogens is 1. The van der Waals surface area contributed by atoms with E-state index in [0.717, 1.165) is 0 Å². The average molecular weight is 313 g/mol. The summed E-state index contributed by atoms with van der Waals surface area (Å²) in [6, 6.07) is 6.80. The third kappa shape index (κ3) is 2.42. The van der Waals surface area contributed by atoms with Gasteiger partial charge < -0.3 is 19.5 Å². The second-order valence-corrected chi connectivity index (χ2v) is 4.79. The minimum absolute atomic E-state index is 0.211. The molecule has 0 atom stereocenters. The van der Waals surface area contributed by atoms with E-state index in [9.17, 15) is 0 Å². The van der Waals surface area contributed by atoms with Crippen LogP contribution in [0.1, 0.15) is 0 Å². The molecule has 0 aliphatic carbocycles. The van der Waals surface area contributed by atoms with E-state index in [1.54, 1.807) is 31.3 Å². The zero-order valence-corrected chi connectivity index (χ0v) is 12.0. The van der Waals surface area contributed by atoms with Gasteiger partial charge in [-0.2, -0.15) is 4.98 Å². The van der Waals surface area contributed by atoms with Crippen LogP contribution in [0.3, 0.4) is 0 Å². The zero-order valence-electron chi connectivity index (χ0n) is 10.4. The minimum Gasteiger partial charge on any atom is -0.454 e. The van der Waals surface area contributed by atoms with Gasteiger partial charge in [0.1, 0.15) is 16.6 Å². The molecule has 0 saturated carbocycles. The summed E-state index contributed by atoms with van der Waals surface area (Å²) in [6.45, 7) is 0.211. The lowest BCUT2D eigenvalue weighted by Gasteiger charge is -2.10. The lowest BCUT2D eigenvalue weighted by atomic mass is 10.3. The van der Waals surface area contributed by atoms with E-state index in [4.69, 9.17) is 37.4 Å². The summed E-state index contributed by atoms with van der Waals surface area (Å²) in [5.74, 6) is 2.61. The number of nitrogens with zero attached hydrogens (tertiary/aromatic N) is 1. The third-order valence-electron chi connectivity index (χ3n) is 2.69. The maximum Gasteiger partial charge on any atom is 0.240 e. The van der Waals surface area contributed by atoms with Crippen molar-refractivity contribution in [3.8, 4) is 23.1 Å². The number of ether oxygens (including phenoxy) is 3. The molecule has 7 heteroatoms. The van der Waals surface area contributed by atoms with Crippen molar-refractivity contribution in [3.05, 3.63) is 34.3 Å². The van der Waals surface area contributed by atoms with Crippen LogP contribution in [0.15, 0.2) is 24.3 Å². The normalized spacial score (nSPS) is 12.3. The van der Waals surface area contributed by atoms with E-state index in [1.165, 1.54) is 0 Å². The van der Waals surface area contributed by atoms with Gasteiger partial charge in [0.15, 0.2) is 11.5 Å². The molecule has 0 spiro atoms. The highest BCUT2D eigenvalue weighted by atomic mass is 35.5. The van der Waals surface area contributed by atoms with Gasteiger partial charge in [-0.05, 0) is 18.2 Å². The molecule has 3 rings (SSSR count). The Labute approximate surface area is 125 Å². The Bertz CT molecular complexity index is 664. The van der Waals surface area contributed by atoms with Crippen molar-refractivity contribution >= 4 is 29.0 Å². The molecular formula is C13H10Cl2N2O3. The number of rotatable bonds is 3. The summed E-state index contributed by atoms with van der Waals surface area (Å²) < 4.78 is 16.2. The molecule has 20 heavy (non-hydrogen) atoms. The number of nitrogens with one attached hydrogen (secondary N) is 1. The van der Waals surface area contributed by atoms with Crippen molar-refractivity contribution in [1.29, 1.82) is 0 Å². The van der Waals surface area contributed by atoms with Crippen molar-refractivity contribution in [2.45, 2.75) is 0 Å². The van der Waals surface area contributed by atoms with Gasteiger partial charge in [-0.15, -0.1) is 0 Å². The van der Waals surface area contributed by atoms with Crippen molar-refractivity contribution < 1.29 is 14.2 Å². The summed E-state index contributed by atoms with van der Waals surface area (Å²) in [7, 11) is 1.71. The maximum absolute atomic E-state index is 6.07. The van der Waals surface area contributed by atoms with Crippen molar-refractivity contribution in [1.82, 2.24) is 4.98 Å². The number of anilines is 1. The lowest BCUT2D eigenvalue weighted by Crippen LogP contribution is -1.96. The standard InChI is InChI=1S/C13H10Cl2N2O3/c1-16-12-8(14)5-9(15)13(17-12)20-7-2-3-10-11(4-7)19-6-18-10/h2-5H,6H2,1H3,(H,16,17). The van der Waals surface area contributed by atoms with Crippen LogP contribution in [-0.2, 0) is 0 Å². The fourth-order valence-corrected chi connectivity index (χ4v) is 2.24. The van der Waals surface area contributed by atoms with Gasteiger partial charge >= 0.3 is 0 Å². The van der Waals surface area contributed by atoms with Crippen molar-refractivity contribution in [3.63, 3.8) is 0 Å². The molecular weight excluding hydrogens is 303 g/mol. The van der Waals surface area contributed by atoms with Crippen molar-refractivity contribution in [2.75, 3.05) is 19.2 Å². The first-order chi connectivity index (χ1) is 9.67. The van der Waals surface area contributed by atoms with Crippen LogP contribution in [0.4, 0.5) is 5.82 Å². The molecule has 1 aliphatic rings. The van der Waals surface area contributed by atoms with E-state index in [2.05, 4.69) is 10.3 Å². The predicted octanol–water partition coefficient (Wildman–Crippen LogP) is 3.95. The molecule has 0 saturated heterocycles. The maximum atomic E-state index is 6.07. The highest BCUT2D eigenvalue weighted by molar-refractivity contribution is 6.36. The highest BCUT2D eigenvalue weighted by Crippen LogP contribution is 2.38. The van der Waals surface area contributed by atoms with E-state index < -0.39 is 0 Å². The van der Waals surface area contributed by atoms with Crippen molar-refractivity contribution in [2.24, 2.45) is 0 Å². The number of benzene rings is 1. The number of pyridine rings is 1.